The van der Waals surface area contributed by atoms with Gasteiger partial charge < -0.3 is 19.7 Å². The van der Waals surface area contributed by atoms with Gasteiger partial charge in [0.25, 0.3) is 0 Å². The molecule has 0 radical (unpaired) electrons. The lowest BCUT2D eigenvalue weighted by Crippen LogP contribution is -2.81. The first-order valence-electron chi connectivity index (χ1n) is 9.79. The van der Waals surface area contributed by atoms with E-state index in [4.69, 9.17) is 5.26 Å². The number of carbonyl (C=O) groups excluding carboxylic acids is 2. The van der Waals surface area contributed by atoms with Crippen LogP contribution in [0.4, 0.5) is 26.3 Å². The molecule has 1 aromatic rings. The standard InChI is InChI=1S/C20H20F6N2O6/c1-3-33-15(29)13-12(11-7-5-10(9-27)6-8-11)14(16(30)34-4-2)18(32,20(24,25)26)28-17(13,31)19(21,22)23/h5-8,12-14,28,31-32H,3-4H2,1-2H3/t12?,13-,14-,17-,18+/m0/s1. The van der Waals surface area contributed by atoms with Crippen LogP contribution in [0.25, 0.3) is 0 Å². The van der Waals surface area contributed by atoms with Crippen LogP contribution in [-0.4, -0.2) is 59.2 Å². The van der Waals surface area contributed by atoms with Crippen molar-refractivity contribution in [3.8, 4) is 6.07 Å². The Labute approximate surface area is 189 Å². The van der Waals surface area contributed by atoms with E-state index in [2.05, 4.69) is 9.47 Å². The summed E-state index contributed by atoms with van der Waals surface area (Å²) in [6, 6.07) is 5.53. The lowest BCUT2D eigenvalue weighted by Gasteiger charge is -2.54. The summed E-state index contributed by atoms with van der Waals surface area (Å²) in [5.74, 6) is -11.8. The van der Waals surface area contributed by atoms with E-state index in [1.165, 1.54) is 13.8 Å². The van der Waals surface area contributed by atoms with Crippen molar-refractivity contribution in [3.05, 3.63) is 35.4 Å². The van der Waals surface area contributed by atoms with E-state index < -0.39 is 72.3 Å². The summed E-state index contributed by atoms with van der Waals surface area (Å²) in [5.41, 5.74) is -9.92. The minimum absolute atomic E-state index is 0.0461. The summed E-state index contributed by atoms with van der Waals surface area (Å²) in [5, 5.41) is 30.7. The highest BCUT2D eigenvalue weighted by Gasteiger charge is 2.78. The molecule has 0 amide bonds. The van der Waals surface area contributed by atoms with Gasteiger partial charge in [0, 0.05) is 5.92 Å². The minimum Gasteiger partial charge on any atom is -0.466 e. The highest BCUT2D eigenvalue weighted by Crippen LogP contribution is 2.55. The molecule has 1 fully saturated rings. The van der Waals surface area contributed by atoms with Gasteiger partial charge in [-0.2, -0.15) is 31.6 Å². The predicted octanol–water partition coefficient (Wildman–Crippen LogP) is 2.11. The summed E-state index contributed by atoms with van der Waals surface area (Å²) in [6.07, 6.45) is -11.9. The summed E-state index contributed by atoms with van der Waals surface area (Å²) < 4.78 is 93.4. The molecule has 1 unspecified atom stereocenters. The van der Waals surface area contributed by atoms with Crippen molar-refractivity contribution in [1.82, 2.24) is 5.32 Å². The number of aliphatic hydroxyl groups is 2. The molecular formula is C20H20F6N2O6. The zero-order valence-electron chi connectivity index (χ0n) is 17.7. The molecular weight excluding hydrogens is 478 g/mol. The summed E-state index contributed by atoms with van der Waals surface area (Å²) >= 11 is 0. The van der Waals surface area contributed by atoms with Crippen molar-refractivity contribution in [3.63, 3.8) is 0 Å². The number of benzene rings is 1. The van der Waals surface area contributed by atoms with Gasteiger partial charge in [0.15, 0.2) is 0 Å². The minimum atomic E-state index is -5.96. The second-order valence-electron chi connectivity index (χ2n) is 7.37. The summed E-state index contributed by atoms with van der Waals surface area (Å²) in [4.78, 5) is 25.3. The number of esters is 2. The number of carbonyl (C=O) groups is 2. The van der Waals surface area contributed by atoms with Crippen molar-refractivity contribution < 1.29 is 55.6 Å². The number of nitrogens with zero attached hydrogens (tertiary/aromatic N) is 1. The topological polar surface area (TPSA) is 129 Å². The second-order valence-corrected chi connectivity index (χ2v) is 7.37. The van der Waals surface area contributed by atoms with Crippen LogP contribution in [0.2, 0.25) is 0 Å². The van der Waals surface area contributed by atoms with Crippen molar-refractivity contribution >= 4 is 11.9 Å². The Morgan fingerprint density at radius 2 is 1.32 bits per heavy atom. The highest BCUT2D eigenvalue weighted by molar-refractivity contribution is 5.81. The van der Waals surface area contributed by atoms with Crippen LogP contribution in [-0.2, 0) is 19.1 Å². The van der Waals surface area contributed by atoms with Crippen molar-refractivity contribution in [2.24, 2.45) is 11.8 Å². The smallest absolute Gasteiger partial charge is 0.432 e. The van der Waals surface area contributed by atoms with Crippen molar-refractivity contribution in [1.29, 1.82) is 5.26 Å². The second kappa shape index (κ2) is 9.40. The Bertz CT molecular complexity index is 912. The van der Waals surface area contributed by atoms with Gasteiger partial charge in [-0.3, -0.25) is 9.59 Å². The number of halogens is 6. The third-order valence-electron chi connectivity index (χ3n) is 5.37. The Morgan fingerprint density at radius 3 is 1.62 bits per heavy atom. The van der Waals surface area contributed by atoms with E-state index in [1.54, 1.807) is 6.07 Å². The third-order valence-corrected chi connectivity index (χ3v) is 5.37. The molecule has 34 heavy (non-hydrogen) atoms. The normalized spacial score (nSPS) is 29.7. The number of nitrogens with one attached hydrogen (secondary N) is 1. The van der Waals surface area contributed by atoms with Gasteiger partial charge in [-0.25, -0.2) is 5.32 Å². The zero-order valence-corrected chi connectivity index (χ0v) is 17.7. The molecule has 1 aromatic carbocycles. The molecule has 1 saturated heterocycles. The summed E-state index contributed by atoms with van der Waals surface area (Å²) in [7, 11) is 0. The van der Waals surface area contributed by atoms with Crippen LogP contribution >= 0.6 is 0 Å². The molecule has 3 N–H and O–H groups in total. The van der Waals surface area contributed by atoms with E-state index in [9.17, 15) is 46.1 Å². The number of hydrogen-bond acceptors (Lipinski definition) is 8. The molecule has 0 bridgehead atoms. The quantitative estimate of drug-likeness (QED) is 0.416. The van der Waals surface area contributed by atoms with Gasteiger partial charge >= 0.3 is 24.3 Å². The predicted molar refractivity (Wildman–Crippen MR) is 99.3 cm³/mol. The maximum atomic E-state index is 14.0. The number of piperidine rings is 1. The molecule has 5 atom stereocenters. The summed E-state index contributed by atoms with van der Waals surface area (Å²) in [6.45, 7) is 1.37. The maximum absolute atomic E-state index is 14.0. The average Bonchev–Trinajstić information content (AvgIpc) is 2.72. The third kappa shape index (κ3) is 4.55. The number of hydrogen-bond donors (Lipinski definition) is 3. The van der Waals surface area contributed by atoms with Gasteiger partial charge in [-0.05, 0) is 31.5 Å². The fourth-order valence-electron chi connectivity index (χ4n) is 3.92. The van der Waals surface area contributed by atoms with Crippen LogP contribution < -0.4 is 5.32 Å². The molecule has 0 spiro atoms. The molecule has 8 nitrogen and oxygen atoms in total. The van der Waals surface area contributed by atoms with Gasteiger partial charge in [0.2, 0.25) is 11.4 Å². The fourth-order valence-corrected chi connectivity index (χ4v) is 3.92. The number of rotatable bonds is 5. The molecule has 14 heteroatoms. The van der Waals surface area contributed by atoms with E-state index in [-0.39, 0.29) is 5.56 Å². The van der Waals surface area contributed by atoms with Gasteiger partial charge in [-0.15, -0.1) is 0 Å². The van der Waals surface area contributed by atoms with Crippen LogP contribution in [0.15, 0.2) is 24.3 Å². The lowest BCUT2D eigenvalue weighted by molar-refractivity contribution is -0.376. The van der Waals surface area contributed by atoms with E-state index in [0.29, 0.717) is 5.32 Å². The Hall–Kier alpha value is -2.89. The van der Waals surface area contributed by atoms with Gasteiger partial charge in [-0.1, -0.05) is 12.1 Å². The number of nitriles is 1. The Kier molecular flexibility index (Phi) is 7.56. The van der Waals surface area contributed by atoms with E-state index in [0.717, 1.165) is 24.3 Å². The average molecular weight is 498 g/mol. The monoisotopic (exact) mass is 498 g/mol. The van der Waals surface area contributed by atoms with Crippen molar-refractivity contribution in [2.75, 3.05) is 13.2 Å². The van der Waals surface area contributed by atoms with Gasteiger partial charge in [0.05, 0.1) is 24.8 Å². The molecule has 0 aliphatic carbocycles. The molecule has 1 heterocycles. The number of alkyl halides is 6. The molecule has 2 rings (SSSR count). The molecule has 1 aliphatic heterocycles. The van der Waals surface area contributed by atoms with E-state index >= 15 is 0 Å². The molecule has 188 valence electrons. The Morgan fingerprint density at radius 1 is 0.941 bits per heavy atom. The largest absolute Gasteiger partial charge is 0.466 e. The first kappa shape index (κ1) is 27.4. The first-order chi connectivity index (χ1) is 15.6. The van der Waals surface area contributed by atoms with Crippen LogP contribution in [0.1, 0.15) is 30.9 Å². The van der Waals surface area contributed by atoms with Crippen LogP contribution in [0, 0.1) is 23.2 Å². The zero-order chi connectivity index (χ0) is 26.1. The molecule has 1 aliphatic rings. The molecule has 0 aromatic heterocycles. The fraction of sp³-hybridized carbons (Fsp3) is 0.550. The SMILES string of the molecule is CCOC(=O)[C@@H]1C(c2ccc(C#N)cc2)[C@@H](C(=O)OCC)[C@](O)(C(F)(F)F)N[C@]1(O)C(F)(F)F. The first-order valence-corrected chi connectivity index (χ1v) is 9.79. The van der Waals surface area contributed by atoms with Crippen LogP contribution in [0.3, 0.4) is 0 Å². The lowest BCUT2D eigenvalue weighted by atomic mass is 9.64. The molecule has 0 saturated carbocycles. The maximum Gasteiger partial charge on any atom is 0.432 e. The highest BCUT2D eigenvalue weighted by atomic mass is 19.4. The van der Waals surface area contributed by atoms with Crippen molar-refractivity contribution in [2.45, 2.75) is 43.6 Å². The van der Waals surface area contributed by atoms with Gasteiger partial charge in [0.1, 0.15) is 11.8 Å². The van der Waals surface area contributed by atoms with Crippen LogP contribution in [0.5, 0.6) is 0 Å². The van der Waals surface area contributed by atoms with E-state index in [1.807, 2.05) is 0 Å². The Balaban J connectivity index is 2.97. The number of ether oxygens (including phenoxy) is 2.